The van der Waals surface area contributed by atoms with Gasteiger partial charge in [-0.3, -0.25) is 4.55 Å². The van der Waals surface area contributed by atoms with Crippen LogP contribution in [0, 0.1) is 0 Å². The first-order valence-electron chi connectivity index (χ1n) is 8.72. The third-order valence-corrected chi connectivity index (χ3v) is 3.96. The van der Waals surface area contributed by atoms with Gasteiger partial charge in [0.05, 0.1) is 11.4 Å². The Kier molecular flexibility index (Phi) is 23.9. The first-order chi connectivity index (χ1) is 11.2. The normalized spacial score (nSPS) is 11.1. The molecule has 0 aliphatic rings. The van der Waals surface area contributed by atoms with Gasteiger partial charge in [0, 0.05) is 0 Å². The second-order valence-corrected chi connectivity index (χ2v) is 7.19. The van der Waals surface area contributed by atoms with E-state index >= 15 is 0 Å². The van der Waals surface area contributed by atoms with E-state index in [0.717, 1.165) is 12.8 Å². The zero-order valence-electron chi connectivity index (χ0n) is 16.1. The molecule has 0 rings (SSSR count). The van der Waals surface area contributed by atoms with Gasteiger partial charge in [-0.05, 0) is 25.3 Å². The molecule has 0 amide bonds. The van der Waals surface area contributed by atoms with Crippen LogP contribution in [0.15, 0.2) is 23.6 Å². The summed E-state index contributed by atoms with van der Waals surface area (Å²) in [4.78, 5) is 10.4. The fraction of sp³-hybridized carbons (Fsp3) is 0.722. The summed E-state index contributed by atoms with van der Waals surface area (Å²) >= 11 is 0. The number of hydrogen-bond acceptors (Lipinski definition) is 4. The monoisotopic (exact) mass is 384 g/mol. The number of rotatable bonds is 13. The second kappa shape index (κ2) is 20.2. The standard InChI is InChI=1S/C16H30O2.C2H4O3S.Na/c1-3-4-5-6-7-8-9-10-11-12-13-14-15(2)16(17)18;1-2-6(3,4)5;/h14H,3-13H2,1-2H3,(H,17,18);2H,1H2,(H,3,4,5);/q;;+1/p-1. The average Bonchev–Trinajstić information content (AvgIpc) is 2.52. The molecule has 0 fully saturated rings. The van der Waals surface area contributed by atoms with E-state index in [4.69, 9.17) is 4.55 Å². The van der Waals surface area contributed by atoms with Crippen LogP contribution < -0.4 is 34.7 Å². The minimum Gasteiger partial charge on any atom is -0.545 e. The maximum absolute atomic E-state index is 10.4. The molecule has 7 heteroatoms. The third kappa shape index (κ3) is 28.9. The number of allylic oxidation sites excluding steroid dienone is 1. The summed E-state index contributed by atoms with van der Waals surface area (Å²) in [6, 6.07) is 0. The van der Waals surface area contributed by atoms with Crippen molar-refractivity contribution in [1.82, 2.24) is 0 Å². The molecule has 0 aliphatic carbocycles. The van der Waals surface area contributed by atoms with E-state index in [9.17, 15) is 18.3 Å². The van der Waals surface area contributed by atoms with E-state index in [0.29, 0.717) is 11.0 Å². The predicted molar refractivity (Wildman–Crippen MR) is 97.0 cm³/mol. The number of hydrogen-bond donors (Lipinski definition) is 1. The molecule has 0 bridgehead atoms. The smallest absolute Gasteiger partial charge is 0.545 e. The summed E-state index contributed by atoms with van der Waals surface area (Å²) in [5, 5.41) is 10.9. The van der Waals surface area contributed by atoms with Gasteiger partial charge in [-0.15, -0.1) is 0 Å². The zero-order chi connectivity index (χ0) is 18.8. The van der Waals surface area contributed by atoms with Gasteiger partial charge in [-0.1, -0.05) is 77.4 Å². The molecule has 0 unspecified atom stereocenters. The van der Waals surface area contributed by atoms with Gasteiger partial charge in [0.1, 0.15) is 0 Å². The molecule has 5 nitrogen and oxygen atoms in total. The minimum absolute atomic E-state index is 0. The predicted octanol–water partition coefficient (Wildman–Crippen LogP) is 1.02. The zero-order valence-corrected chi connectivity index (χ0v) is 18.9. The van der Waals surface area contributed by atoms with Gasteiger partial charge in [0.15, 0.2) is 0 Å². The van der Waals surface area contributed by atoms with Crippen LogP contribution >= 0.6 is 0 Å². The topological polar surface area (TPSA) is 94.5 Å². The van der Waals surface area contributed by atoms with Gasteiger partial charge in [0.2, 0.25) is 0 Å². The van der Waals surface area contributed by atoms with Crippen molar-refractivity contribution >= 4 is 16.1 Å². The second-order valence-electron chi connectivity index (χ2n) is 5.83. The van der Waals surface area contributed by atoms with Crippen molar-refractivity contribution in [1.29, 1.82) is 0 Å². The van der Waals surface area contributed by atoms with Crippen molar-refractivity contribution in [2.45, 2.75) is 84.5 Å². The van der Waals surface area contributed by atoms with Gasteiger partial charge in [-0.25, -0.2) is 0 Å². The Hall–Kier alpha value is -0.140. The first kappa shape index (κ1) is 29.6. The molecule has 0 aliphatic heterocycles. The Balaban J connectivity index is -0.000000592. The average molecular weight is 385 g/mol. The number of carboxylic acid groups (broad SMARTS) is 1. The van der Waals surface area contributed by atoms with E-state index in [-0.39, 0.29) is 29.6 Å². The van der Waals surface area contributed by atoms with Gasteiger partial charge in [0.25, 0.3) is 10.1 Å². The number of unbranched alkanes of at least 4 members (excludes halogenated alkanes) is 10. The molecule has 0 spiro atoms. The molecule has 0 heterocycles. The summed E-state index contributed by atoms with van der Waals surface area (Å²) < 4.78 is 26.6. The molecule has 0 saturated heterocycles. The molecule has 0 aromatic heterocycles. The molecule has 0 saturated carbocycles. The molecule has 0 aromatic rings. The van der Waals surface area contributed by atoms with Crippen molar-refractivity contribution in [2.75, 3.05) is 0 Å². The Morgan fingerprint density at radius 2 is 1.36 bits per heavy atom. The molecular formula is C18H33NaO5S. The summed E-state index contributed by atoms with van der Waals surface area (Å²) in [5.41, 5.74) is 0.367. The van der Waals surface area contributed by atoms with Crippen LogP contribution in [0.2, 0.25) is 0 Å². The van der Waals surface area contributed by atoms with Gasteiger partial charge in [-0.2, -0.15) is 8.42 Å². The van der Waals surface area contributed by atoms with Crippen molar-refractivity contribution in [3.63, 3.8) is 0 Å². The summed E-state index contributed by atoms with van der Waals surface area (Å²) in [6.07, 6.45) is 15.8. The van der Waals surface area contributed by atoms with Crippen LogP contribution in [-0.2, 0) is 14.9 Å². The summed E-state index contributed by atoms with van der Waals surface area (Å²) in [6.45, 7) is 6.64. The molecule has 0 radical (unpaired) electrons. The molecule has 0 aromatic carbocycles. The third-order valence-electron chi connectivity index (χ3n) is 3.54. The Labute approximate surface area is 176 Å². The maximum atomic E-state index is 10.4. The van der Waals surface area contributed by atoms with Crippen molar-refractivity contribution in [2.24, 2.45) is 0 Å². The van der Waals surface area contributed by atoms with Crippen LogP contribution in [0.4, 0.5) is 0 Å². The van der Waals surface area contributed by atoms with Crippen LogP contribution in [0.5, 0.6) is 0 Å². The van der Waals surface area contributed by atoms with E-state index < -0.39 is 16.1 Å². The van der Waals surface area contributed by atoms with Crippen LogP contribution in [0.25, 0.3) is 0 Å². The van der Waals surface area contributed by atoms with Gasteiger partial charge < -0.3 is 9.90 Å². The fourth-order valence-electron chi connectivity index (χ4n) is 2.03. The Morgan fingerprint density at radius 1 is 1.00 bits per heavy atom. The molecule has 0 atom stereocenters. The maximum Gasteiger partial charge on any atom is 1.00 e. The van der Waals surface area contributed by atoms with E-state index in [1.165, 1.54) is 57.8 Å². The minimum atomic E-state index is -3.90. The first-order valence-corrected chi connectivity index (χ1v) is 10.2. The largest absolute Gasteiger partial charge is 1.00 e. The molecule has 25 heavy (non-hydrogen) atoms. The SMILES string of the molecule is C=CS(=O)(=O)O.CCCCCCCCCCCCC=C(C)C(=O)[O-].[Na+]. The Morgan fingerprint density at radius 3 is 1.68 bits per heavy atom. The molecular weight excluding hydrogens is 351 g/mol. The fourth-order valence-corrected chi connectivity index (χ4v) is 2.03. The van der Waals surface area contributed by atoms with Crippen LogP contribution in [0.1, 0.15) is 84.5 Å². The summed E-state index contributed by atoms with van der Waals surface area (Å²) in [7, 11) is -3.90. The van der Waals surface area contributed by atoms with Gasteiger partial charge >= 0.3 is 29.6 Å². The Bertz CT molecular complexity index is 446. The number of carbonyl (C=O) groups is 1. The number of carbonyl (C=O) groups excluding carboxylic acids is 1. The van der Waals surface area contributed by atoms with Crippen LogP contribution in [-0.4, -0.2) is 18.9 Å². The molecule has 142 valence electrons. The van der Waals surface area contributed by atoms with Crippen molar-refractivity contribution < 1.29 is 52.4 Å². The van der Waals surface area contributed by atoms with Crippen LogP contribution in [0.3, 0.4) is 0 Å². The number of carboxylic acids is 1. The van der Waals surface area contributed by atoms with Crippen molar-refractivity contribution in [3.05, 3.63) is 23.6 Å². The van der Waals surface area contributed by atoms with Crippen molar-refractivity contribution in [3.8, 4) is 0 Å². The van der Waals surface area contributed by atoms with E-state index in [1.54, 1.807) is 13.0 Å². The quantitative estimate of drug-likeness (QED) is 0.221. The summed E-state index contributed by atoms with van der Waals surface area (Å²) in [5.74, 6) is -1.04. The van der Waals surface area contributed by atoms with E-state index in [1.807, 2.05) is 0 Å². The van der Waals surface area contributed by atoms with E-state index in [2.05, 4.69) is 13.5 Å². The molecule has 1 N–H and O–H groups in total. The number of aliphatic carboxylic acids is 1.